The fourth-order valence-electron chi connectivity index (χ4n) is 3.04. The summed E-state index contributed by atoms with van der Waals surface area (Å²) < 4.78 is 10.5. The standard InChI is InChI=1S/C23H19N3O3/c1-28-19-7-3-17(4-8-19)22-25-21(15-16-11-13-24-14-12-16)23(27)26(22)18-5-9-20(29-2)10-6-18/h3-15H,1-2H3/b21-15+. The van der Waals surface area contributed by atoms with E-state index >= 15 is 0 Å². The number of nitrogens with zero attached hydrogens (tertiary/aromatic N) is 3. The lowest BCUT2D eigenvalue weighted by atomic mass is 10.1. The fraction of sp³-hybridized carbons (Fsp3) is 0.0870. The number of rotatable bonds is 5. The van der Waals surface area contributed by atoms with Crippen molar-refractivity contribution in [2.45, 2.75) is 0 Å². The number of carbonyl (C=O) groups is 1. The average Bonchev–Trinajstić information content (AvgIpc) is 3.10. The molecule has 1 aromatic heterocycles. The second-order valence-electron chi connectivity index (χ2n) is 6.31. The van der Waals surface area contributed by atoms with Gasteiger partial charge < -0.3 is 9.47 Å². The number of hydrogen-bond donors (Lipinski definition) is 0. The molecule has 0 radical (unpaired) electrons. The smallest absolute Gasteiger partial charge is 0.282 e. The van der Waals surface area contributed by atoms with E-state index in [1.807, 2.05) is 60.7 Å². The number of methoxy groups -OCH3 is 2. The average molecular weight is 385 g/mol. The lowest BCUT2D eigenvalue weighted by molar-refractivity contribution is -0.113. The van der Waals surface area contributed by atoms with Gasteiger partial charge in [-0.1, -0.05) is 0 Å². The molecule has 0 fully saturated rings. The topological polar surface area (TPSA) is 64.0 Å². The van der Waals surface area contributed by atoms with Crippen LogP contribution in [0.1, 0.15) is 11.1 Å². The highest BCUT2D eigenvalue weighted by Gasteiger charge is 2.32. The van der Waals surface area contributed by atoms with Gasteiger partial charge in [0.05, 0.1) is 19.9 Å². The van der Waals surface area contributed by atoms with E-state index in [2.05, 4.69) is 9.98 Å². The van der Waals surface area contributed by atoms with Gasteiger partial charge in [-0.2, -0.15) is 0 Å². The van der Waals surface area contributed by atoms with Crippen molar-refractivity contribution in [2.24, 2.45) is 4.99 Å². The Hall–Kier alpha value is -3.93. The van der Waals surface area contributed by atoms with Crippen molar-refractivity contribution in [1.29, 1.82) is 0 Å². The van der Waals surface area contributed by atoms with E-state index in [0.29, 0.717) is 17.2 Å². The molecule has 29 heavy (non-hydrogen) atoms. The van der Waals surface area contributed by atoms with Crippen molar-refractivity contribution in [1.82, 2.24) is 4.98 Å². The Morgan fingerprint density at radius 2 is 1.41 bits per heavy atom. The van der Waals surface area contributed by atoms with Gasteiger partial charge in [0, 0.05) is 18.0 Å². The molecule has 3 aromatic rings. The summed E-state index contributed by atoms with van der Waals surface area (Å²) in [4.78, 5) is 23.5. The van der Waals surface area contributed by atoms with Crippen LogP contribution in [0.15, 0.2) is 83.7 Å². The molecule has 1 amide bonds. The summed E-state index contributed by atoms with van der Waals surface area (Å²) >= 11 is 0. The first-order chi connectivity index (χ1) is 14.2. The monoisotopic (exact) mass is 385 g/mol. The first kappa shape index (κ1) is 18.4. The summed E-state index contributed by atoms with van der Waals surface area (Å²) in [5, 5.41) is 0. The van der Waals surface area contributed by atoms with E-state index in [0.717, 1.165) is 22.6 Å². The molecule has 6 nitrogen and oxygen atoms in total. The minimum atomic E-state index is -0.196. The number of pyridine rings is 1. The Balaban J connectivity index is 1.79. The maximum absolute atomic E-state index is 13.2. The van der Waals surface area contributed by atoms with Crippen molar-refractivity contribution in [3.05, 3.63) is 89.9 Å². The molecule has 0 bridgehead atoms. The van der Waals surface area contributed by atoms with Crippen LogP contribution in [0.4, 0.5) is 5.69 Å². The van der Waals surface area contributed by atoms with Crippen LogP contribution in [0.25, 0.3) is 6.08 Å². The Bertz CT molecular complexity index is 1070. The molecule has 0 spiro atoms. The van der Waals surface area contributed by atoms with Gasteiger partial charge in [-0.15, -0.1) is 0 Å². The fourth-order valence-corrected chi connectivity index (χ4v) is 3.04. The van der Waals surface area contributed by atoms with E-state index in [1.54, 1.807) is 37.6 Å². The Morgan fingerprint density at radius 3 is 2.00 bits per heavy atom. The van der Waals surface area contributed by atoms with Crippen LogP contribution in [0.3, 0.4) is 0 Å². The SMILES string of the molecule is COc1ccc(C2=N/C(=C/c3ccncc3)C(=O)N2c2ccc(OC)cc2)cc1. The highest BCUT2D eigenvalue weighted by molar-refractivity contribution is 6.33. The molecule has 6 heteroatoms. The van der Waals surface area contributed by atoms with Crippen LogP contribution >= 0.6 is 0 Å². The van der Waals surface area contributed by atoms with Crippen LogP contribution < -0.4 is 14.4 Å². The molecule has 2 heterocycles. The molecule has 0 unspecified atom stereocenters. The molecule has 0 saturated carbocycles. The Kier molecular flexibility index (Phi) is 5.07. The van der Waals surface area contributed by atoms with Gasteiger partial charge in [0.1, 0.15) is 23.0 Å². The number of aliphatic imine (C=N–C) groups is 1. The van der Waals surface area contributed by atoms with Gasteiger partial charge in [0.15, 0.2) is 0 Å². The molecule has 0 saturated heterocycles. The summed E-state index contributed by atoms with van der Waals surface area (Å²) in [6.07, 6.45) is 5.12. The first-order valence-electron chi connectivity index (χ1n) is 9.03. The summed E-state index contributed by atoms with van der Waals surface area (Å²) in [7, 11) is 3.22. The predicted octanol–water partition coefficient (Wildman–Crippen LogP) is 3.93. The summed E-state index contributed by atoms with van der Waals surface area (Å²) in [6, 6.07) is 18.4. The van der Waals surface area contributed by atoms with Gasteiger partial charge in [-0.3, -0.25) is 14.7 Å². The Morgan fingerprint density at radius 1 is 0.828 bits per heavy atom. The maximum atomic E-state index is 13.2. The maximum Gasteiger partial charge on any atom is 0.282 e. The quantitative estimate of drug-likeness (QED) is 0.624. The van der Waals surface area contributed by atoms with Crippen LogP contribution in [0.5, 0.6) is 11.5 Å². The minimum absolute atomic E-state index is 0.196. The first-order valence-corrected chi connectivity index (χ1v) is 9.03. The van der Waals surface area contributed by atoms with Gasteiger partial charge in [-0.05, 0) is 72.3 Å². The second kappa shape index (κ2) is 7.98. The molecule has 2 aromatic carbocycles. The number of anilines is 1. The number of aromatic nitrogens is 1. The number of amides is 1. The molecule has 1 aliphatic rings. The van der Waals surface area contributed by atoms with Crippen LogP contribution in [-0.2, 0) is 4.79 Å². The molecule has 0 N–H and O–H groups in total. The van der Waals surface area contributed by atoms with Crippen LogP contribution in [0.2, 0.25) is 0 Å². The summed E-state index contributed by atoms with van der Waals surface area (Å²) in [5.74, 6) is 1.82. The third-order valence-electron chi connectivity index (χ3n) is 4.55. The minimum Gasteiger partial charge on any atom is -0.497 e. The molecule has 4 rings (SSSR count). The summed E-state index contributed by atoms with van der Waals surface area (Å²) in [5.41, 5.74) is 2.74. The largest absolute Gasteiger partial charge is 0.497 e. The van der Waals surface area contributed by atoms with Crippen molar-refractivity contribution in [3.8, 4) is 11.5 Å². The van der Waals surface area contributed by atoms with Crippen molar-refractivity contribution < 1.29 is 14.3 Å². The zero-order valence-corrected chi connectivity index (χ0v) is 16.1. The molecular formula is C23H19N3O3. The summed E-state index contributed by atoms with van der Waals surface area (Å²) in [6.45, 7) is 0. The second-order valence-corrected chi connectivity index (χ2v) is 6.31. The lowest BCUT2D eigenvalue weighted by Crippen LogP contribution is -2.32. The van der Waals surface area contributed by atoms with E-state index in [9.17, 15) is 4.79 Å². The number of benzene rings is 2. The number of carbonyl (C=O) groups excluding carboxylic acids is 1. The van der Waals surface area contributed by atoms with E-state index < -0.39 is 0 Å². The Labute approximate surface area is 168 Å². The van der Waals surface area contributed by atoms with Crippen molar-refractivity contribution in [3.63, 3.8) is 0 Å². The third kappa shape index (κ3) is 3.73. The van der Waals surface area contributed by atoms with Gasteiger partial charge in [-0.25, -0.2) is 4.99 Å². The van der Waals surface area contributed by atoms with Gasteiger partial charge in [0.25, 0.3) is 5.91 Å². The predicted molar refractivity (Wildman–Crippen MR) is 112 cm³/mol. The number of amidine groups is 1. The molecule has 0 aliphatic carbocycles. The molecule has 144 valence electrons. The normalized spacial score (nSPS) is 14.8. The zero-order valence-electron chi connectivity index (χ0n) is 16.1. The third-order valence-corrected chi connectivity index (χ3v) is 4.55. The molecule has 0 atom stereocenters. The van der Waals surface area contributed by atoms with Crippen molar-refractivity contribution >= 4 is 23.5 Å². The van der Waals surface area contributed by atoms with Crippen LogP contribution in [0, 0.1) is 0 Å². The van der Waals surface area contributed by atoms with Crippen LogP contribution in [-0.4, -0.2) is 30.9 Å². The molecule has 1 aliphatic heterocycles. The highest BCUT2D eigenvalue weighted by Crippen LogP contribution is 2.29. The van der Waals surface area contributed by atoms with E-state index in [4.69, 9.17) is 9.47 Å². The zero-order chi connectivity index (χ0) is 20.2. The number of ether oxygens (including phenoxy) is 2. The van der Waals surface area contributed by atoms with E-state index in [-0.39, 0.29) is 5.91 Å². The van der Waals surface area contributed by atoms with Gasteiger partial charge >= 0.3 is 0 Å². The highest BCUT2D eigenvalue weighted by atomic mass is 16.5. The number of hydrogen-bond acceptors (Lipinski definition) is 5. The van der Waals surface area contributed by atoms with E-state index in [1.165, 1.54) is 0 Å². The van der Waals surface area contributed by atoms with Gasteiger partial charge in [0.2, 0.25) is 0 Å². The molecular weight excluding hydrogens is 366 g/mol. The lowest BCUT2D eigenvalue weighted by Gasteiger charge is -2.19. The van der Waals surface area contributed by atoms with Crippen molar-refractivity contribution in [2.75, 3.05) is 19.1 Å².